The highest BCUT2D eigenvalue weighted by molar-refractivity contribution is 7.90. The Morgan fingerprint density at radius 3 is 2.33 bits per heavy atom. The Bertz CT molecular complexity index is 600. The molecule has 1 saturated heterocycles. The molecular weight excluding hydrogens is 432 g/mol. The number of methoxy groups -OCH3 is 1. The molecule has 2 rings (SSSR count). The van der Waals surface area contributed by atoms with Crippen LogP contribution < -0.4 is 15.4 Å². The van der Waals surface area contributed by atoms with Gasteiger partial charge in [0.25, 0.3) is 0 Å². The lowest BCUT2D eigenvalue weighted by Crippen LogP contribution is -2.40. The van der Waals surface area contributed by atoms with Crippen molar-refractivity contribution in [2.75, 3.05) is 33.3 Å². The first kappa shape index (κ1) is 28.5. The van der Waals surface area contributed by atoms with Crippen molar-refractivity contribution in [1.29, 1.82) is 0 Å². The molecule has 192 valence electrons. The van der Waals surface area contributed by atoms with Gasteiger partial charge in [-0.2, -0.15) is 0 Å². The molecule has 0 aromatic rings. The van der Waals surface area contributed by atoms with Gasteiger partial charge in [-0.3, -0.25) is 0 Å². The van der Waals surface area contributed by atoms with Crippen molar-refractivity contribution >= 4 is 11.4 Å². The number of piperidine rings is 1. The lowest BCUT2D eigenvalue weighted by molar-refractivity contribution is 0.0724. The maximum absolute atomic E-state index is 12.0. The second kappa shape index (κ2) is 15.3. The van der Waals surface area contributed by atoms with Crippen LogP contribution in [-0.4, -0.2) is 59.8 Å². The molecular formula is C26H50N4O2S. The van der Waals surface area contributed by atoms with Crippen LogP contribution >= 0.6 is 0 Å². The van der Waals surface area contributed by atoms with Gasteiger partial charge in [0.1, 0.15) is 11.0 Å². The number of likely N-dealkylation sites (tertiary alicyclic amines) is 1. The molecule has 3 N–H and O–H groups in total. The normalized spacial score (nSPS) is 20.5. The molecule has 7 heteroatoms. The highest BCUT2D eigenvalue weighted by Crippen LogP contribution is 2.19. The van der Waals surface area contributed by atoms with E-state index >= 15 is 0 Å². The van der Waals surface area contributed by atoms with Crippen molar-refractivity contribution in [3.05, 3.63) is 23.5 Å². The lowest BCUT2D eigenvalue weighted by atomic mass is 10.0. The zero-order valence-electron chi connectivity index (χ0n) is 21.9. The summed E-state index contributed by atoms with van der Waals surface area (Å²) < 4.78 is 20.6. The largest absolute Gasteiger partial charge is 0.598 e. The van der Waals surface area contributed by atoms with Crippen LogP contribution in [0.2, 0.25) is 0 Å². The van der Waals surface area contributed by atoms with Crippen LogP contribution in [0.1, 0.15) is 91.9 Å². The van der Waals surface area contributed by atoms with Crippen molar-refractivity contribution in [3.8, 4) is 0 Å². The molecule has 0 bridgehead atoms. The number of hydrogen-bond donors (Lipinski definition) is 3. The van der Waals surface area contributed by atoms with Crippen molar-refractivity contribution < 1.29 is 9.29 Å². The average molecular weight is 483 g/mol. The summed E-state index contributed by atoms with van der Waals surface area (Å²) in [4.78, 5) is 2.70. The minimum Gasteiger partial charge on any atom is -0.598 e. The monoisotopic (exact) mass is 482 g/mol. The first-order valence-electron chi connectivity index (χ1n) is 13.2. The molecule has 0 radical (unpaired) electrons. The van der Waals surface area contributed by atoms with Crippen molar-refractivity contribution in [1.82, 2.24) is 20.3 Å². The van der Waals surface area contributed by atoms with Crippen LogP contribution in [0.15, 0.2) is 23.5 Å². The van der Waals surface area contributed by atoms with Crippen LogP contribution in [0.25, 0.3) is 0 Å². The molecule has 1 heterocycles. The summed E-state index contributed by atoms with van der Waals surface area (Å²) in [5, 5.41) is 7.24. The zero-order chi connectivity index (χ0) is 24.1. The van der Waals surface area contributed by atoms with E-state index in [1.165, 1.54) is 56.6 Å². The Morgan fingerprint density at radius 2 is 1.73 bits per heavy atom. The summed E-state index contributed by atoms with van der Waals surface area (Å²) in [5.41, 5.74) is 2.60. The van der Waals surface area contributed by atoms with E-state index in [1.54, 1.807) is 7.11 Å². The first-order chi connectivity index (χ1) is 15.8. The van der Waals surface area contributed by atoms with Crippen LogP contribution in [0, 0.1) is 0 Å². The predicted molar refractivity (Wildman–Crippen MR) is 141 cm³/mol. The van der Waals surface area contributed by atoms with Gasteiger partial charge in [-0.15, -0.1) is 4.72 Å². The molecule has 1 aliphatic carbocycles. The summed E-state index contributed by atoms with van der Waals surface area (Å²) in [6, 6.07) is 0.723. The van der Waals surface area contributed by atoms with Crippen LogP contribution in [-0.2, 0) is 16.1 Å². The number of unbranched alkanes of at least 4 members (excludes halogenated alkanes) is 1. The fourth-order valence-electron chi connectivity index (χ4n) is 4.52. The third-order valence-electron chi connectivity index (χ3n) is 6.67. The minimum atomic E-state index is -0.991. The lowest BCUT2D eigenvalue weighted by Gasteiger charge is -2.34. The summed E-state index contributed by atoms with van der Waals surface area (Å²) in [7, 11) is 1.77. The third-order valence-corrected chi connectivity index (χ3v) is 8.25. The van der Waals surface area contributed by atoms with E-state index in [0.29, 0.717) is 0 Å². The van der Waals surface area contributed by atoms with Gasteiger partial charge in [0.2, 0.25) is 0 Å². The average Bonchev–Trinajstić information content (AvgIpc) is 2.81. The summed E-state index contributed by atoms with van der Waals surface area (Å²) >= 11 is -0.991. The molecule has 33 heavy (non-hydrogen) atoms. The molecule has 6 nitrogen and oxygen atoms in total. The van der Waals surface area contributed by atoms with E-state index < -0.39 is 11.4 Å². The van der Waals surface area contributed by atoms with Gasteiger partial charge in [-0.25, -0.2) is 0 Å². The highest BCUT2D eigenvalue weighted by atomic mass is 32.2. The van der Waals surface area contributed by atoms with E-state index in [0.717, 1.165) is 51.2 Å². The number of nitrogens with one attached hydrogen (secondary N) is 3. The van der Waals surface area contributed by atoms with E-state index in [1.807, 2.05) is 20.8 Å². The van der Waals surface area contributed by atoms with Gasteiger partial charge in [0, 0.05) is 49.0 Å². The van der Waals surface area contributed by atoms with Crippen molar-refractivity contribution in [3.63, 3.8) is 0 Å². The molecule has 0 aromatic carbocycles. The predicted octanol–water partition coefficient (Wildman–Crippen LogP) is 4.58. The Morgan fingerprint density at radius 1 is 1.03 bits per heavy atom. The number of hydrogen-bond acceptors (Lipinski definition) is 6. The first-order valence-corrected chi connectivity index (χ1v) is 14.3. The van der Waals surface area contributed by atoms with E-state index in [2.05, 4.69) is 39.3 Å². The number of ether oxygens (including phenoxy) is 1. The number of rotatable bonds is 15. The molecule has 0 amide bonds. The summed E-state index contributed by atoms with van der Waals surface area (Å²) in [6.45, 7) is 12.7. The van der Waals surface area contributed by atoms with E-state index in [9.17, 15) is 4.55 Å². The topological polar surface area (TPSA) is 71.6 Å². The Labute approximate surface area is 206 Å². The molecule has 3 atom stereocenters. The molecule has 3 unspecified atom stereocenters. The molecule has 0 aromatic heterocycles. The Hall–Kier alpha value is -0.730. The second-order valence-corrected chi connectivity index (χ2v) is 12.4. The van der Waals surface area contributed by atoms with Gasteiger partial charge < -0.3 is 24.8 Å². The fourth-order valence-corrected chi connectivity index (χ4v) is 5.29. The molecule has 0 spiro atoms. The zero-order valence-corrected chi connectivity index (χ0v) is 22.7. The van der Waals surface area contributed by atoms with E-state index in [-0.39, 0.29) is 11.0 Å². The second-order valence-electron chi connectivity index (χ2n) is 10.4. The number of allylic oxidation sites excluding steroid dienone is 4. The van der Waals surface area contributed by atoms with Crippen LogP contribution in [0.5, 0.6) is 0 Å². The van der Waals surface area contributed by atoms with Gasteiger partial charge in [0.15, 0.2) is 0 Å². The summed E-state index contributed by atoms with van der Waals surface area (Å²) in [6.07, 6.45) is 16.1. The Kier molecular flexibility index (Phi) is 13.2. The molecule has 1 aliphatic heterocycles. The van der Waals surface area contributed by atoms with Gasteiger partial charge >= 0.3 is 0 Å². The molecule has 1 fully saturated rings. The molecule has 2 aliphatic rings. The minimum absolute atomic E-state index is 0.0297. The van der Waals surface area contributed by atoms with Gasteiger partial charge in [-0.1, -0.05) is 13.3 Å². The van der Waals surface area contributed by atoms with Gasteiger partial charge in [-0.05, 0) is 104 Å². The smallest absolute Gasteiger partial charge is 0.136 e. The van der Waals surface area contributed by atoms with Gasteiger partial charge in [0.05, 0.1) is 0 Å². The summed E-state index contributed by atoms with van der Waals surface area (Å²) in [5.74, 6) is 0. The van der Waals surface area contributed by atoms with E-state index in [4.69, 9.17) is 4.74 Å². The van der Waals surface area contributed by atoms with Crippen molar-refractivity contribution in [2.45, 2.75) is 109 Å². The van der Waals surface area contributed by atoms with Crippen LogP contribution in [0.3, 0.4) is 0 Å². The SMILES string of the molecule is CCC(CCNC1=CC=C(NC(CCCCN[S+]([O-])C(C)(C)C)OC)CC1)N1CCCCC1. The number of nitrogens with zero attached hydrogens (tertiary/aromatic N) is 1. The molecule has 0 saturated carbocycles. The Balaban J connectivity index is 1.64. The van der Waals surface area contributed by atoms with Crippen molar-refractivity contribution in [2.24, 2.45) is 0 Å². The standard InChI is InChI=1S/C26H50N4O2S/c1-6-24(30-20-10-7-11-21-30)17-19-27-22-13-15-23(16-14-22)29-25(32-5)12-8-9-18-28-33(31)26(2,3)4/h13,15,24-25,27-29H,6-12,14,16-21H2,1-5H3. The fraction of sp³-hybridized carbons (Fsp3) is 0.846. The maximum atomic E-state index is 12.0. The van der Waals surface area contributed by atoms with Crippen LogP contribution in [0.4, 0.5) is 0 Å². The maximum Gasteiger partial charge on any atom is 0.136 e. The third kappa shape index (κ3) is 11.0. The highest BCUT2D eigenvalue weighted by Gasteiger charge is 2.25. The quantitative estimate of drug-likeness (QED) is 0.180.